The van der Waals surface area contributed by atoms with E-state index in [0.717, 1.165) is 5.56 Å². The van der Waals surface area contributed by atoms with Gasteiger partial charge >= 0.3 is 6.09 Å². The molecule has 3 amide bonds. The highest BCUT2D eigenvalue weighted by atomic mass is 19.1. The molecule has 1 heterocycles. The Balaban J connectivity index is 1.42. The van der Waals surface area contributed by atoms with Crippen LogP contribution < -0.4 is 16.4 Å². The van der Waals surface area contributed by atoms with Gasteiger partial charge in [0.15, 0.2) is 11.5 Å². The summed E-state index contributed by atoms with van der Waals surface area (Å²) in [7, 11) is 1.23. The molecule has 3 aromatic carbocycles. The highest BCUT2D eigenvalue weighted by molar-refractivity contribution is 6.09. The van der Waals surface area contributed by atoms with Crippen molar-refractivity contribution in [2.24, 2.45) is 10.7 Å². The van der Waals surface area contributed by atoms with E-state index >= 15 is 0 Å². The van der Waals surface area contributed by atoms with Gasteiger partial charge in [-0.1, -0.05) is 54.6 Å². The summed E-state index contributed by atoms with van der Waals surface area (Å²) >= 11 is 0. The van der Waals surface area contributed by atoms with Gasteiger partial charge in [-0.15, -0.1) is 0 Å². The molecule has 0 saturated heterocycles. The fourth-order valence-electron chi connectivity index (χ4n) is 4.95. The molecule has 4 N–H and O–H groups in total. The molecule has 4 rings (SSSR count). The molecular formula is C31H33F2N5O4. The molecule has 1 aliphatic heterocycles. The standard InChI is InChI=1S/C31H33F2N5O4/c1-20(35-27(39)26(36-30(41)42-2)19-21-8-4-3-5-9-21)7-6-18-38-28(40)31(37-29(38)34,22-10-14-24(32)15-11-22)23-12-16-25(33)17-13-23/h3-5,8-17,20,26H,6-7,18-19H2,1-2H3,(H2,34,37)(H,35,39)(H,36,41)/t20-,26-/m0/s1. The maximum absolute atomic E-state index is 13.9. The summed E-state index contributed by atoms with van der Waals surface area (Å²) < 4.78 is 32.1. The zero-order valence-electron chi connectivity index (χ0n) is 23.3. The quantitative estimate of drug-likeness (QED) is 0.321. The summed E-state index contributed by atoms with van der Waals surface area (Å²) in [5.41, 5.74) is 6.31. The van der Waals surface area contributed by atoms with Gasteiger partial charge in [0.2, 0.25) is 5.91 Å². The third kappa shape index (κ3) is 6.73. The number of aliphatic imine (C=N–C) groups is 1. The molecule has 0 fully saturated rings. The lowest BCUT2D eigenvalue weighted by Gasteiger charge is -2.27. The second-order valence-electron chi connectivity index (χ2n) is 10.1. The van der Waals surface area contributed by atoms with E-state index in [1.807, 2.05) is 37.3 Å². The number of hydrogen-bond donors (Lipinski definition) is 3. The van der Waals surface area contributed by atoms with Crippen LogP contribution in [0.25, 0.3) is 0 Å². The molecule has 0 spiro atoms. The van der Waals surface area contributed by atoms with Crippen molar-refractivity contribution in [3.8, 4) is 0 Å². The van der Waals surface area contributed by atoms with Crippen molar-refractivity contribution in [2.45, 2.75) is 43.8 Å². The molecule has 0 saturated carbocycles. The van der Waals surface area contributed by atoms with Gasteiger partial charge in [-0.3, -0.25) is 14.5 Å². The number of methoxy groups -OCH3 is 1. The normalized spacial score (nSPS) is 15.5. The van der Waals surface area contributed by atoms with Crippen molar-refractivity contribution in [1.29, 1.82) is 0 Å². The third-order valence-corrected chi connectivity index (χ3v) is 7.12. The second-order valence-corrected chi connectivity index (χ2v) is 10.1. The number of nitrogens with zero attached hydrogens (tertiary/aromatic N) is 2. The van der Waals surface area contributed by atoms with Gasteiger partial charge < -0.3 is 21.1 Å². The van der Waals surface area contributed by atoms with Gasteiger partial charge in [-0.2, -0.15) is 0 Å². The van der Waals surface area contributed by atoms with E-state index in [-0.39, 0.29) is 30.9 Å². The van der Waals surface area contributed by atoms with Crippen LogP contribution in [0.3, 0.4) is 0 Å². The Hall–Kier alpha value is -4.80. The molecule has 0 bridgehead atoms. The Kier molecular flexibility index (Phi) is 9.51. The monoisotopic (exact) mass is 577 g/mol. The van der Waals surface area contributed by atoms with Gasteiger partial charge in [0.25, 0.3) is 5.91 Å². The van der Waals surface area contributed by atoms with E-state index in [2.05, 4.69) is 20.4 Å². The van der Waals surface area contributed by atoms with Gasteiger partial charge in [0.1, 0.15) is 17.7 Å². The number of guanidine groups is 1. The van der Waals surface area contributed by atoms with Gasteiger partial charge in [-0.05, 0) is 60.7 Å². The molecular weight excluding hydrogens is 544 g/mol. The number of carbonyl (C=O) groups excluding carboxylic acids is 3. The van der Waals surface area contributed by atoms with Crippen LogP contribution in [0.15, 0.2) is 83.9 Å². The summed E-state index contributed by atoms with van der Waals surface area (Å²) in [5, 5.41) is 5.49. The maximum atomic E-state index is 13.9. The molecule has 3 aromatic rings. The van der Waals surface area contributed by atoms with E-state index in [1.165, 1.54) is 60.5 Å². The third-order valence-electron chi connectivity index (χ3n) is 7.12. The van der Waals surface area contributed by atoms with Crippen molar-refractivity contribution in [1.82, 2.24) is 15.5 Å². The molecule has 0 unspecified atom stereocenters. The Morgan fingerprint density at radius 2 is 1.52 bits per heavy atom. The topological polar surface area (TPSA) is 126 Å². The van der Waals surface area contributed by atoms with E-state index in [4.69, 9.17) is 5.73 Å². The predicted molar refractivity (Wildman–Crippen MR) is 153 cm³/mol. The van der Waals surface area contributed by atoms with E-state index in [0.29, 0.717) is 24.0 Å². The van der Waals surface area contributed by atoms with Gasteiger partial charge in [0.05, 0.1) is 7.11 Å². The molecule has 0 radical (unpaired) electrons. The zero-order valence-corrected chi connectivity index (χ0v) is 23.3. The first kappa shape index (κ1) is 30.2. The van der Waals surface area contributed by atoms with E-state index in [1.54, 1.807) is 0 Å². The fraction of sp³-hybridized carbons (Fsp3) is 0.290. The lowest BCUT2D eigenvalue weighted by Crippen LogP contribution is -2.50. The maximum Gasteiger partial charge on any atom is 0.407 e. The minimum Gasteiger partial charge on any atom is -0.453 e. The van der Waals surface area contributed by atoms with Gasteiger partial charge in [-0.25, -0.2) is 18.6 Å². The molecule has 42 heavy (non-hydrogen) atoms. The van der Waals surface area contributed by atoms with Crippen LogP contribution in [0, 0.1) is 11.6 Å². The highest BCUT2D eigenvalue weighted by Gasteiger charge is 2.50. The summed E-state index contributed by atoms with van der Waals surface area (Å²) in [4.78, 5) is 44.7. The molecule has 9 nitrogen and oxygen atoms in total. The number of nitrogens with one attached hydrogen (secondary N) is 2. The van der Waals surface area contributed by atoms with Crippen molar-refractivity contribution < 1.29 is 27.9 Å². The van der Waals surface area contributed by atoms with Crippen molar-refractivity contribution in [2.75, 3.05) is 13.7 Å². The van der Waals surface area contributed by atoms with Crippen LogP contribution >= 0.6 is 0 Å². The predicted octanol–water partition coefficient (Wildman–Crippen LogP) is 3.62. The Bertz CT molecular complexity index is 1390. The number of hydrogen-bond acceptors (Lipinski definition) is 6. The van der Waals surface area contributed by atoms with Crippen LogP contribution in [0.4, 0.5) is 13.6 Å². The average molecular weight is 578 g/mol. The van der Waals surface area contributed by atoms with Crippen LogP contribution in [-0.4, -0.2) is 54.5 Å². The number of benzene rings is 3. The largest absolute Gasteiger partial charge is 0.453 e. The smallest absolute Gasteiger partial charge is 0.407 e. The Morgan fingerprint density at radius 3 is 2.07 bits per heavy atom. The van der Waals surface area contributed by atoms with Crippen LogP contribution in [-0.2, 0) is 26.3 Å². The van der Waals surface area contributed by atoms with Crippen LogP contribution in [0.1, 0.15) is 36.5 Å². The lowest BCUT2D eigenvalue weighted by atomic mass is 9.82. The first-order valence-electron chi connectivity index (χ1n) is 13.5. The van der Waals surface area contributed by atoms with Crippen LogP contribution in [0.5, 0.6) is 0 Å². The van der Waals surface area contributed by atoms with Crippen molar-refractivity contribution >= 4 is 23.9 Å². The first-order chi connectivity index (χ1) is 20.1. The average Bonchev–Trinajstić information content (AvgIpc) is 3.23. The number of halogens is 2. The second kappa shape index (κ2) is 13.2. The number of alkyl carbamates (subject to hydrolysis) is 1. The molecule has 2 atom stereocenters. The number of nitrogens with two attached hydrogens (primary N) is 1. The molecule has 0 aromatic heterocycles. The molecule has 11 heteroatoms. The Labute approximate surface area is 242 Å². The van der Waals surface area contributed by atoms with E-state index < -0.39 is 35.2 Å². The molecule has 0 aliphatic carbocycles. The van der Waals surface area contributed by atoms with Crippen LogP contribution in [0.2, 0.25) is 0 Å². The Morgan fingerprint density at radius 1 is 0.952 bits per heavy atom. The highest BCUT2D eigenvalue weighted by Crippen LogP contribution is 2.39. The minimum atomic E-state index is -1.59. The number of carbonyl (C=O) groups is 3. The summed E-state index contributed by atoms with van der Waals surface area (Å²) in [6.45, 7) is 2.02. The number of amides is 3. The number of ether oxygens (including phenoxy) is 1. The molecule has 1 aliphatic rings. The zero-order chi connectivity index (χ0) is 30.3. The SMILES string of the molecule is COC(=O)N[C@@H](Cc1ccccc1)C(=O)N[C@@H](C)CCCN1C(=O)C(c2ccc(F)cc2)(c2ccc(F)cc2)N=C1N. The van der Waals surface area contributed by atoms with Crippen molar-refractivity contribution in [3.05, 3.63) is 107 Å². The minimum absolute atomic E-state index is 0.0180. The van der Waals surface area contributed by atoms with Gasteiger partial charge in [0, 0.05) is 19.0 Å². The fourth-order valence-corrected chi connectivity index (χ4v) is 4.95. The first-order valence-corrected chi connectivity index (χ1v) is 13.5. The van der Waals surface area contributed by atoms with E-state index in [9.17, 15) is 23.2 Å². The summed E-state index contributed by atoms with van der Waals surface area (Å²) in [5.74, 6) is -1.79. The summed E-state index contributed by atoms with van der Waals surface area (Å²) in [6.07, 6.45) is 0.504. The van der Waals surface area contributed by atoms with Crippen molar-refractivity contribution in [3.63, 3.8) is 0 Å². The number of rotatable bonds is 11. The lowest BCUT2D eigenvalue weighted by molar-refractivity contribution is -0.130. The summed E-state index contributed by atoms with van der Waals surface area (Å²) in [6, 6.07) is 18.9. The molecule has 220 valence electrons.